The van der Waals surface area contributed by atoms with Crippen LogP contribution in [0.3, 0.4) is 0 Å². The number of benzene rings is 3. The summed E-state index contributed by atoms with van der Waals surface area (Å²) in [7, 11) is 1.70. The minimum atomic E-state index is -0.598. The van der Waals surface area contributed by atoms with Crippen LogP contribution in [0, 0.1) is 0 Å². The Hall–Kier alpha value is -2.98. The first-order chi connectivity index (χ1) is 21.3. The predicted octanol–water partition coefficient (Wildman–Crippen LogP) is 5.28. The van der Waals surface area contributed by atoms with Crippen LogP contribution in [0.1, 0.15) is 55.1 Å². The molecule has 0 radical (unpaired) electrons. The number of Topliss-reactive ketones (excluding diaryl/α,β-unsaturated/α-hetero) is 1. The monoisotopic (exact) mass is 644 g/mol. The standard InChI is InChI=1S/C21H27NO3.C15H25NO3.ClH/c1-2-14-22-15-18(23)16-25-21-11-7-6-10-19(21)20(24)13-12-17-8-4-3-5-9-17;1-12(2)16-10-14(17)11-19-15-6-4-13(5-7-15)8-9-18-3;/h3-11,18,22-23H,2,12-16H2,1H3;4-7,12,14,16-17H,8-11H2,1-3H3;1H. The summed E-state index contributed by atoms with van der Waals surface area (Å²) in [6.07, 6.45) is 1.97. The van der Waals surface area contributed by atoms with E-state index in [1.54, 1.807) is 19.2 Å². The van der Waals surface area contributed by atoms with E-state index in [0.29, 0.717) is 49.9 Å². The minimum absolute atomic E-state index is 0. The minimum Gasteiger partial charge on any atom is -0.491 e. The molecule has 250 valence electrons. The lowest BCUT2D eigenvalue weighted by Gasteiger charge is -2.15. The first-order valence-corrected chi connectivity index (χ1v) is 15.6. The molecule has 2 atom stereocenters. The summed E-state index contributed by atoms with van der Waals surface area (Å²) >= 11 is 0. The van der Waals surface area contributed by atoms with Crippen molar-refractivity contribution in [3.8, 4) is 11.5 Å². The third kappa shape index (κ3) is 17.9. The first kappa shape index (κ1) is 40.0. The number of para-hydroxylation sites is 1. The SMILES string of the molecule is CCCNCC(O)COc1ccccc1C(=O)CCc1ccccc1.COCCc1ccc(OCC(O)CNC(C)C)cc1.Cl. The Morgan fingerprint density at radius 3 is 2.09 bits per heavy atom. The smallest absolute Gasteiger partial charge is 0.166 e. The number of methoxy groups -OCH3 is 1. The van der Waals surface area contributed by atoms with Gasteiger partial charge >= 0.3 is 0 Å². The number of ether oxygens (including phenoxy) is 3. The van der Waals surface area contributed by atoms with Crippen molar-refractivity contribution in [2.24, 2.45) is 0 Å². The fourth-order valence-electron chi connectivity index (χ4n) is 4.15. The molecule has 2 unspecified atom stereocenters. The molecule has 0 fully saturated rings. The summed E-state index contributed by atoms with van der Waals surface area (Å²) in [5.74, 6) is 1.37. The van der Waals surface area contributed by atoms with E-state index in [9.17, 15) is 15.0 Å². The quantitative estimate of drug-likeness (QED) is 0.0973. The molecule has 0 bridgehead atoms. The molecule has 8 nitrogen and oxygen atoms in total. The molecule has 9 heteroatoms. The van der Waals surface area contributed by atoms with E-state index < -0.39 is 12.2 Å². The Morgan fingerprint density at radius 2 is 1.42 bits per heavy atom. The molecule has 0 amide bonds. The van der Waals surface area contributed by atoms with Gasteiger partial charge in [0.25, 0.3) is 0 Å². The number of carbonyl (C=O) groups is 1. The lowest BCUT2D eigenvalue weighted by Crippen LogP contribution is -2.35. The van der Waals surface area contributed by atoms with Crippen molar-refractivity contribution < 1.29 is 29.2 Å². The van der Waals surface area contributed by atoms with Crippen LogP contribution in [0.4, 0.5) is 0 Å². The van der Waals surface area contributed by atoms with Gasteiger partial charge in [-0.3, -0.25) is 4.79 Å². The van der Waals surface area contributed by atoms with Crippen molar-refractivity contribution in [2.45, 2.75) is 64.7 Å². The van der Waals surface area contributed by atoms with Crippen LogP contribution in [0.2, 0.25) is 0 Å². The summed E-state index contributed by atoms with van der Waals surface area (Å²) in [6.45, 7) is 9.26. The molecule has 0 spiro atoms. The second-order valence-corrected chi connectivity index (χ2v) is 11.0. The molecular formula is C36H53ClN2O6. The second-order valence-electron chi connectivity index (χ2n) is 11.0. The van der Waals surface area contributed by atoms with Crippen LogP contribution in [0.25, 0.3) is 0 Å². The highest BCUT2D eigenvalue weighted by Crippen LogP contribution is 2.21. The number of rotatable bonds is 20. The average molecular weight is 645 g/mol. The maximum absolute atomic E-state index is 12.5. The van der Waals surface area contributed by atoms with Crippen molar-refractivity contribution in [3.63, 3.8) is 0 Å². The third-order valence-corrected chi connectivity index (χ3v) is 6.63. The number of halogens is 1. The van der Waals surface area contributed by atoms with E-state index in [1.165, 1.54) is 5.56 Å². The molecule has 0 aliphatic rings. The van der Waals surface area contributed by atoms with E-state index in [-0.39, 0.29) is 24.8 Å². The fraction of sp³-hybridized carbons (Fsp3) is 0.472. The Balaban J connectivity index is 0.000000457. The lowest BCUT2D eigenvalue weighted by atomic mass is 10.0. The molecule has 0 saturated heterocycles. The molecule has 0 heterocycles. The molecule has 0 aromatic heterocycles. The molecular weight excluding hydrogens is 592 g/mol. The summed E-state index contributed by atoms with van der Waals surface area (Å²) in [5, 5.41) is 26.0. The van der Waals surface area contributed by atoms with E-state index in [0.717, 1.165) is 37.3 Å². The summed E-state index contributed by atoms with van der Waals surface area (Å²) in [6, 6.07) is 25.5. The Labute approximate surface area is 275 Å². The van der Waals surface area contributed by atoms with Crippen molar-refractivity contribution >= 4 is 18.2 Å². The van der Waals surface area contributed by atoms with Crippen molar-refractivity contribution in [3.05, 3.63) is 95.6 Å². The van der Waals surface area contributed by atoms with Gasteiger partial charge in [-0.05, 0) is 61.2 Å². The van der Waals surface area contributed by atoms with Crippen molar-refractivity contribution in [2.75, 3.05) is 46.6 Å². The van der Waals surface area contributed by atoms with Gasteiger partial charge in [0.1, 0.15) is 36.9 Å². The summed E-state index contributed by atoms with van der Waals surface area (Å²) in [5.41, 5.74) is 2.94. The maximum Gasteiger partial charge on any atom is 0.166 e. The number of aryl methyl sites for hydroxylation is 1. The third-order valence-electron chi connectivity index (χ3n) is 6.63. The number of carbonyl (C=O) groups excluding carboxylic acids is 1. The zero-order valence-electron chi connectivity index (χ0n) is 27.2. The van der Waals surface area contributed by atoms with E-state index in [1.807, 2.05) is 80.6 Å². The largest absolute Gasteiger partial charge is 0.491 e. The van der Waals surface area contributed by atoms with Gasteiger partial charge in [-0.2, -0.15) is 0 Å². The van der Waals surface area contributed by atoms with Crippen LogP contribution < -0.4 is 20.1 Å². The highest BCUT2D eigenvalue weighted by molar-refractivity contribution is 5.98. The van der Waals surface area contributed by atoms with Gasteiger partial charge in [0, 0.05) is 32.7 Å². The average Bonchev–Trinajstić information content (AvgIpc) is 3.05. The maximum atomic E-state index is 12.5. The van der Waals surface area contributed by atoms with E-state index >= 15 is 0 Å². The number of nitrogens with one attached hydrogen (secondary N) is 2. The number of aliphatic hydroxyl groups is 2. The Bertz CT molecular complexity index is 1160. The van der Waals surface area contributed by atoms with E-state index in [2.05, 4.69) is 17.6 Å². The molecule has 0 aliphatic heterocycles. The van der Waals surface area contributed by atoms with Crippen molar-refractivity contribution in [1.29, 1.82) is 0 Å². The lowest BCUT2D eigenvalue weighted by molar-refractivity contribution is 0.0950. The topological polar surface area (TPSA) is 109 Å². The zero-order chi connectivity index (χ0) is 32.0. The second kappa shape index (κ2) is 24.3. The Kier molecular flexibility index (Phi) is 21.6. The summed E-state index contributed by atoms with van der Waals surface area (Å²) in [4.78, 5) is 12.5. The number of hydrogen-bond donors (Lipinski definition) is 4. The highest BCUT2D eigenvalue weighted by Gasteiger charge is 2.14. The fourth-order valence-corrected chi connectivity index (χ4v) is 4.15. The van der Waals surface area contributed by atoms with Gasteiger partial charge in [-0.15, -0.1) is 12.4 Å². The molecule has 3 aromatic carbocycles. The van der Waals surface area contributed by atoms with Crippen molar-refractivity contribution in [1.82, 2.24) is 10.6 Å². The van der Waals surface area contributed by atoms with Crippen LogP contribution in [0.5, 0.6) is 11.5 Å². The van der Waals surface area contributed by atoms with Crippen LogP contribution >= 0.6 is 12.4 Å². The zero-order valence-corrected chi connectivity index (χ0v) is 28.1. The van der Waals surface area contributed by atoms with Gasteiger partial charge in [-0.25, -0.2) is 0 Å². The van der Waals surface area contributed by atoms with E-state index in [4.69, 9.17) is 14.2 Å². The van der Waals surface area contributed by atoms with Crippen LogP contribution in [0.15, 0.2) is 78.9 Å². The molecule has 3 aromatic rings. The van der Waals surface area contributed by atoms with Gasteiger partial charge in [0.2, 0.25) is 0 Å². The van der Waals surface area contributed by atoms with Crippen LogP contribution in [-0.2, 0) is 17.6 Å². The highest BCUT2D eigenvalue weighted by atomic mass is 35.5. The molecule has 3 rings (SSSR count). The first-order valence-electron chi connectivity index (χ1n) is 15.6. The molecule has 0 saturated carbocycles. The molecule has 4 N–H and O–H groups in total. The number of ketones is 1. The van der Waals surface area contributed by atoms with Gasteiger partial charge in [0.05, 0.1) is 12.2 Å². The molecule has 0 aliphatic carbocycles. The normalized spacial score (nSPS) is 12.0. The predicted molar refractivity (Wildman–Crippen MR) is 184 cm³/mol. The van der Waals surface area contributed by atoms with Gasteiger partial charge < -0.3 is 35.1 Å². The summed E-state index contributed by atoms with van der Waals surface area (Å²) < 4.78 is 16.3. The number of hydrogen-bond acceptors (Lipinski definition) is 8. The molecule has 45 heavy (non-hydrogen) atoms. The Morgan fingerprint density at radius 1 is 0.800 bits per heavy atom. The van der Waals surface area contributed by atoms with Gasteiger partial charge in [-0.1, -0.05) is 75.4 Å². The number of aliphatic hydroxyl groups excluding tert-OH is 2. The van der Waals surface area contributed by atoms with Gasteiger partial charge in [0.15, 0.2) is 5.78 Å². The van der Waals surface area contributed by atoms with Crippen LogP contribution in [-0.4, -0.2) is 80.8 Å².